The van der Waals surface area contributed by atoms with E-state index in [0.717, 1.165) is 24.4 Å². The van der Waals surface area contributed by atoms with E-state index in [2.05, 4.69) is 20.6 Å². The highest BCUT2D eigenvalue weighted by molar-refractivity contribution is 5.94. The lowest BCUT2D eigenvalue weighted by Crippen LogP contribution is -2.35. The summed E-state index contributed by atoms with van der Waals surface area (Å²) >= 11 is 0. The first-order valence-corrected chi connectivity index (χ1v) is 9.58. The molecule has 0 aliphatic carbocycles. The Bertz CT molecular complexity index is 1020. The zero-order valence-corrected chi connectivity index (χ0v) is 15.8. The first kappa shape index (κ1) is 18.1. The summed E-state index contributed by atoms with van der Waals surface area (Å²) in [5.41, 5.74) is 1.36. The third-order valence-electron chi connectivity index (χ3n) is 5.01. The number of nitrogens with zero attached hydrogens (tertiary/aromatic N) is 6. The maximum atomic E-state index is 12.7. The van der Waals surface area contributed by atoms with Gasteiger partial charge in [-0.05, 0) is 37.5 Å². The molecule has 0 spiro atoms. The maximum absolute atomic E-state index is 12.7. The Morgan fingerprint density at radius 1 is 1.25 bits per heavy atom. The molecular weight excluding hydrogens is 358 g/mol. The van der Waals surface area contributed by atoms with E-state index in [0.29, 0.717) is 31.5 Å². The minimum absolute atomic E-state index is 0.00629. The summed E-state index contributed by atoms with van der Waals surface area (Å²) in [5, 5.41) is 15.1. The van der Waals surface area contributed by atoms with Crippen molar-refractivity contribution in [2.24, 2.45) is 0 Å². The number of fused-ring (bicyclic) bond motifs is 1. The highest BCUT2D eigenvalue weighted by Gasteiger charge is 2.22. The molecule has 1 atom stereocenters. The Morgan fingerprint density at radius 2 is 2.07 bits per heavy atom. The molecule has 28 heavy (non-hydrogen) atoms. The third kappa shape index (κ3) is 3.60. The molecule has 0 bridgehead atoms. The van der Waals surface area contributed by atoms with Crippen molar-refractivity contribution in [3.8, 4) is 5.69 Å². The Balaban J connectivity index is 1.43. The van der Waals surface area contributed by atoms with Gasteiger partial charge in [-0.1, -0.05) is 13.0 Å². The van der Waals surface area contributed by atoms with Crippen LogP contribution in [0, 0.1) is 0 Å². The van der Waals surface area contributed by atoms with Crippen LogP contribution in [0.4, 0.5) is 0 Å². The molecule has 9 heteroatoms. The predicted molar refractivity (Wildman–Crippen MR) is 102 cm³/mol. The second-order valence-corrected chi connectivity index (χ2v) is 6.99. The van der Waals surface area contributed by atoms with Crippen LogP contribution in [0.5, 0.6) is 0 Å². The number of aryl methyl sites for hydroxylation is 2. The van der Waals surface area contributed by atoms with Crippen LogP contribution in [0.1, 0.15) is 42.4 Å². The number of carbonyl (C=O) groups is 1. The first-order chi connectivity index (χ1) is 13.7. The fourth-order valence-corrected chi connectivity index (χ4v) is 3.54. The Kier molecular flexibility index (Phi) is 5.05. The van der Waals surface area contributed by atoms with Gasteiger partial charge in [-0.3, -0.25) is 13.9 Å². The van der Waals surface area contributed by atoms with Crippen molar-refractivity contribution < 1.29 is 4.79 Å². The van der Waals surface area contributed by atoms with Gasteiger partial charge in [0.05, 0.1) is 0 Å². The van der Waals surface area contributed by atoms with Gasteiger partial charge in [-0.2, -0.15) is 5.10 Å². The van der Waals surface area contributed by atoms with E-state index in [-0.39, 0.29) is 17.6 Å². The van der Waals surface area contributed by atoms with Gasteiger partial charge >= 0.3 is 5.69 Å². The van der Waals surface area contributed by atoms with E-state index in [1.54, 1.807) is 32.5 Å². The fourth-order valence-electron chi connectivity index (χ4n) is 3.54. The Morgan fingerprint density at radius 3 is 2.86 bits per heavy atom. The lowest BCUT2D eigenvalue weighted by atomic mass is 10.1. The Labute approximate surface area is 162 Å². The second kappa shape index (κ2) is 7.79. The predicted octanol–water partition coefficient (Wildman–Crippen LogP) is 1.17. The van der Waals surface area contributed by atoms with Crippen molar-refractivity contribution in [2.75, 3.05) is 0 Å². The molecule has 4 rings (SSSR count). The van der Waals surface area contributed by atoms with Crippen LogP contribution in [0.15, 0.2) is 41.7 Å². The fraction of sp³-hybridized carbons (Fsp3) is 0.421. The second-order valence-electron chi connectivity index (χ2n) is 6.99. The summed E-state index contributed by atoms with van der Waals surface area (Å²) in [7, 11) is 0. The molecule has 3 aromatic rings. The lowest BCUT2D eigenvalue weighted by Gasteiger charge is -2.16. The molecule has 1 amide bonds. The lowest BCUT2D eigenvalue weighted by molar-refractivity contribution is 0.0933. The molecule has 0 saturated carbocycles. The van der Waals surface area contributed by atoms with E-state index < -0.39 is 0 Å². The topological polar surface area (TPSA) is 99.6 Å². The summed E-state index contributed by atoms with van der Waals surface area (Å²) < 4.78 is 5.04. The molecule has 1 aromatic carbocycles. The van der Waals surface area contributed by atoms with E-state index >= 15 is 0 Å². The number of carbonyl (C=O) groups excluding carboxylic acids is 1. The minimum atomic E-state index is -0.122. The van der Waals surface area contributed by atoms with Crippen LogP contribution in [0.25, 0.3) is 5.69 Å². The highest BCUT2D eigenvalue weighted by Crippen LogP contribution is 2.14. The number of rotatable bonds is 5. The molecule has 1 aliphatic heterocycles. The van der Waals surface area contributed by atoms with E-state index in [4.69, 9.17) is 0 Å². The van der Waals surface area contributed by atoms with Crippen LogP contribution in [-0.2, 0) is 19.5 Å². The molecule has 1 aliphatic rings. The van der Waals surface area contributed by atoms with Crippen molar-refractivity contribution in [2.45, 2.75) is 51.7 Å². The number of hydrogen-bond acceptors (Lipinski definition) is 5. The summed E-state index contributed by atoms with van der Waals surface area (Å²) in [6.45, 7) is 3.24. The maximum Gasteiger partial charge on any atom is 0.345 e. The van der Waals surface area contributed by atoms with Crippen LogP contribution in [-0.4, -0.2) is 41.1 Å². The van der Waals surface area contributed by atoms with Crippen molar-refractivity contribution in [1.82, 2.24) is 34.4 Å². The number of amides is 1. The van der Waals surface area contributed by atoms with Crippen molar-refractivity contribution in [3.05, 3.63) is 58.8 Å². The number of nitrogens with one attached hydrogen (secondary N) is 1. The van der Waals surface area contributed by atoms with E-state index in [9.17, 15) is 9.59 Å². The minimum Gasteiger partial charge on any atom is -0.349 e. The first-order valence-electron chi connectivity index (χ1n) is 9.58. The molecule has 0 saturated heterocycles. The number of benzene rings is 1. The van der Waals surface area contributed by atoms with Crippen molar-refractivity contribution in [1.29, 1.82) is 0 Å². The van der Waals surface area contributed by atoms with Crippen LogP contribution in [0.2, 0.25) is 0 Å². The zero-order chi connectivity index (χ0) is 19.5. The van der Waals surface area contributed by atoms with Crippen LogP contribution >= 0.6 is 0 Å². The molecule has 1 N–H and O–H groups in total. The summed E-state index contributed by atoms with van der Waals surface area (Å²) in [4.78, 5) is 25.1. The average molecular weight is 381 g/mol. The van der Waals surface area contributed by atoms with Gasteiger partial charge in [0.2, 0.25) is 0 Å². The van der Waals surface area contributed by atoms with E-state index in [1.165, 1.54) is 0 Å². The standard InChI is InChI=1S/C19H23N7O2/c1-2-9-26-19(28)25-10-8-15(6-7-17(25)23-26)22-18(27)14-4-3-5-16(11-14)24-12-20-21-13-24/h3-5,11-13,15H,2,6-10H2,1H3,(H,22,27). The van der Waals surface area contributed by atoms with Gasteiger partial charge in [-0.15, -0.1) is 10.2 Å². The van der Waals surface area contributed by atoms with Gasteiger partial charge in [0, 0.05) is 36.8 Å². The quantitative estimate of drug-likeness (QED) is 0.715. The zero-order valence-electron chi connectivity index (χ0n) is 15.8. The average Bonchev–Trinajstić information content (AvgIpc) is 3.29. The molecular formula is C19H23N7O2. The largest absolute Gasteiger partial charge is 0.349 e. The van der Waals surface area contributed by atoms with Gasteiger partial charge in [-0.25, -0.2) is 9.48 Å². The monoisotopic (exact) mass is 381 g/mol. The molecule has 0 radical (unpaired) electrons. The Hall–Kier alpha value is -3.23. The molecule has 0 fully saturated rings. The van der Waals surface area contributed by atoms with Crippen molar-refractivity contribution >= 4 is 5.91 Å². The molecule has 1 unspecified atom stereocenters. The summed E-state index contributed by atoms with van der Waals surface area (Å²) in [6, 6.07) is 7.33. The smallest absolute Gasteiger partial charge is 0.345 e. The van der Waals surface area contributed by atoms with Gasteiger partial charge in [0.15, 0.2) is 0 Å². The SMILES string of the molecule is CCCn1nc2n(c1=O)CCC(NC(=O)c1cccc(-n3cnnc3)c1)CC2. The van der Waals surface area contributed by atoms with Crippen LogP contribution < -0.4 is 11.0 Å². The molecule has 146 valence electrons. The number of hydrogen-bond donors (Lipinski definition) is 1. The summed E-state index contributed by atoms with van der Waals surface area (Å²) in [6.07, 6.45) is 6.21. The molecule has 9 nitrogen and oxygen atoms in total. The van der Waals surface area contributed by atoms with E-state index in [1.807, 2.05) is 25.1 Å². The molecule has 2 aromatic heterocycles. The van der Waals surface area contributed by atoms with Gasteiger partial charge < -0.3 is 5.32 Å². The molecule has 3 heterocycles. The highest BCUT2D eigenvalue weighted by atomic mass is 16.2. The third-order valence-corrected chi connectivity index (χ3v) is 5.01. The van der Waals surface area contributed by atoms with Crippen molar-refractivity contribution in [3.63, 3.8) is 0 Å². The van der Waals surface area contributed by atoms with Crippen LogP contribution in [0.3, 0.4) is 0 Å². The van der Waals surface area contributed by atoms with Gasteiger partial charge in [0.1, 0.15) is 18.5 Å². The van der Waals surface area contributed by atoms with Gasteiger partial charge in [0.25, 0.3) is 5.91 Å². The normalized spacial score (nSPS) is 16.4. The number of aromatic nitrogens is 6. The summed E-state index contributed by atoms with van der Waals surface area (Å²) in [5.74, 6) is 0.688.